The predicted octanol–water partition coefficient (Wildman–Crippen LogP) is 3.22. The lowest BCUT2D eigenvalue weighted by Crippen LogP contribution is -2.06. The normalized spacial score (nSPS) is 11.3. The monoisotopic (exact) mass is 315 g/mol. The first-order valence-corrected chi connectivity index (χ1v) is 7.13. The molecule has 104 valence electrons. The number of nitrogens with zero attached hydrogens (tertiary/aromatic N) is 1. The molecule has 2 rings (SSSR count). The number of hydrogen-bond acceptors (Lipinski definition) is 4. The van der Waals surface area contributed by atoms with Gasteiger partial charge in [0.25, 0.3) is 5.69 Å². The van der Waals surface area contributed by atoms with Crippen molar-refractivity contribution in [2.24, 2.45) is 0 Å². The highest BCUT2D eigenvalue weighted by Gasteiger charge is 2.28. The van der Waals surface area contributed by atoms with Gasteiger partial charge in [-0.2, -0.15) is 0 Å². The van der Waals surface area contributed by atoms with Gasteiger partial charge >= 0.3 is 0 Å². The van der Waals surface area contributed by atoms with E-state index in [0.29, 0.717) is 6.07 Å². The summed E-state index contributed by atoms with van der Waals surface area (Å²) < 4.78 is 37.7. The van der Waals surface area contributed by atoms with Crippen LogP contribution in [0.25, 0.3) is 0 Å². The van der Waals surface area contributed by atoms with Crippen LogP contribution in [0.15, 0.2) is 52.3 Å². The Morgan fingerprint density at radius 3 is 2.45 bits per heavy atom. The van der Waals surface area contributed by atoms with E-state index in [4.69, 9.17) is 11.6 Å². The summed E-state index contributed by atoms with van der Waals surface area (Å²) in [6.45, 7) is 0. The summed E-state index contributed by atoms with van der Waals surface area (Å²) in [5.74, 6) is -0.887. The molecule has 0 saturated heterocycles. The minimum absolute atomic E-state index is 0.177. The molecule has 0 aliphatic heterocycles. The van der Waals surface area contributed by atoms with Crippen molar-refractivity contribution < 1.29 is 17.7 Å². The van der Waals surface area contributed by atoms with Crippen LogP contribution in [0.1, 0.15) is 0 Å². The van der Waals surface area contributed by atoms with Crippen molar-refractivity contribution in [3.63, 3.8) is 0 Å². The third-order valence-electron chi connectivity index (χ3n) is 2.51. The minimum atomic E-state index is -4.15. The van der Waals surface area contributed by atoms with Crippen molar-refractivity contribution in [1.82, 2.24) is 0 Å². The second-order valence-electron chi connectivity index (χ2n) is 3.83. The quantitative estimate of drug-likeness (QED) is 0.495. The van der Waals surface area contributed by atoms with Crippen molar-refractivity contribution in [2.75, 3.05) is 0 Å². The molecule has 0 bridgehead atoms. The molecule has 2 aromatic rings. The maximum absolute atomic E-state index is 13.0. The summed E-state index contributed by atoms with van der Waals surface area (Å²) >= 11 is 5.71. The van der Waals surface area contributed by atoms with Crippen LogP contribution < -0.4 is 0 Å². The molecule has 20 heavy (non-hydrogen) atoms. The predicted molar refractivity (Wildman–Crippen MR) is 70.0 cm³/mol. The first-order chi connectivity index (χ1) is 9.32. The highest BCUT2D eigenvalue weighted by atomic mass is 35.5. The van der Waals surface area contributed by atoms with Crippen LogP contribution >= 0.6 is 11.6 Å². The zero-order valence-electron chi connectivity index (χ0n) is 9.79. The molecule has 0 aliphatic carbocycles. The molecule has 0 unspecified atom stereocenters. The van der Waals surface area contributed by atoms with E-state index in [1.54, 1.807) is 0 Å². The molecule has 0 radical (unpaired) electrons. The van der Waals surface area contributed by atoms with Crippen molar-refractivity contribution >= 4 is 27.1 Å². The van der Waals surface area contributed by atoms with Gasteiger partial charge in [-0.1, -0.05) is 17.7 Å². The Labute approximate surface area is 118 Å². The summed E-state index contributed by atoms with van der Waals surface area (Å²) in [5, 5.41) is 11.0. The third kappa shape index (κ3) is 2.63. The van der Waals surface area contributed by atoms with Crippen LogP contribution in [-0.4, -0.2) is 13.3 Å². The Kier molecular flexibility index (Phi) is 3.74. The van der Waals surface area contributed by atoms with E-state index >= 15 is 0 Å². The summed E-state index contributed by atoms with van der Waals surface area (Å²) in [6.07, 6.45) is 0. The van der Waals surface area contributed by atoms with Gasteiger partial charge in [-0.15, -0.1) is 0 Å². The van der Waals surface area contributed by atoms with E-state index in [1.165, 1.54) is 24.3 Å². The third-order valence-corrected chi connectivity index (χ3v) is 4.55. The van der Waals surface area contributed by atoms with Crippen LogP contribution in [0.4, 0.5) is 10.1 Å². The zero-order chi connectivity index (χ0) is 14.9. The lowest BCUT2D eigenvalue weighted by Gasteiger charge is -2.06. The van der Waals surface area contributed by atoms with E-state index in [0.717, 1.165) is 12.1 Å². The van der Waals surface area contributed by atoms with Crippen LogP contribution in [0.5, 0.6) is 0 Å². The van der Waals surface area contributed by atoms with E-state index in [9.17, 15) is 22.9 Å². The first-order valence-electron chi connectivity index (χ1n) is 5.27. The average molecular weight is 316 g/mol. The summed E-state index contributed by atoms with van der Waals surface area (Å²) in [6, 6.07) is 7.59. The van der Waals surface area contributed by atoms with Gasteiger partial charge in [0, 0.05) is 5.02 Å². The van der Waals surface area contributed by atoms with Crippen molar-refractivity contribution in [3.05, 3.63) is 63.4 Å². The molecule has 0 saturated carbocycles. The fraction of sp³-hybridized carbons (Fsp3) is 0. The van der Waals surface area contributed by atoms with E-state index in [2.05, 4.69) is 0 Å². The van der Waals surface area contributed by atoms with E-state index in [-0.39, 0.29) is 9.92 Å². The lowest BCUT2D eigenvalue weighted by molar-refractivity contribution is -0.388. The standard InChI is InChI=1S/C12H7ClFNO4S/c13-8-2-1-3-10(6-8)20(18,19)12-5-4-9(14)7-11(12)15(16)17/h1-7H. The highest BCUT2D eigenvalue weighted by molar-refractivity contribution is 7.91. The van der Waals surface area contributed by atoms with Gasteiger partial charge in [-0.05, 0) is 30.3 Å². The topological polar surface area (TPSA) is 77.3 Å². The SMILES string of the molecule is O=[N+]([O-])c1cc(F)ccc1S(=O)(=O)c1cccc(Cl)c1. The smallest absolute Gasteiger partial charge is 0.258 e. The molecule has 0 atom stereocenters. The Morgan fingerprint density at radius 1 is 1.15 bits per heavy atom. The molecular formula is C12H7ClFNO4S. The van der Waals surface area contributed by atoms with Gasteiger partial charge in [0.1, 0.15) is 10.7 Å². The fourth-order valence-corrected chi connectivity index (χ4v) is 3.33. The van der Waals surface area contributed by atoms with Crippen LogP contribution in [0, 0.1) is 15.9 Å². The summed E-state index contributed by atoms with van der Waals surface area (Å²) in [5.41, 5.74) is -0.815. The van der Waals surface area contributed by atoms with Crippen molar-refractivity contribution in [1.29, 1.82) is 0 Å². The molecule has 0 fully saturated rings. The number of sulfone groups is 1. The van der Waals surface area contributed by atoms with E-state index < -0.39 is 31.2 Å². The summed E-state index contributed by atoms with van der Waals surface area (Å²) in [7, 11) is -4.15. The highest BCUT2D eigenvalue weighted by Crippen LogP contribution is 2.30. The summed E-state index contributed by atoms with van der Waals surface area (Å²) in [4.78, 5) is 9.15. The minimum Gasteiger partial charge on any atom is -0.258 e. The molecule has 0 heterocycles. The number of nitro benzene ring substituents is 1. The number of halogens is 2. The van der Waals surface area contributed by atoms with Gasteiger partial charge < -0.3 is 0 Å². The number of benzene rings is 2. The van der Waals surface area contributed by atoms with Gasteiger partial charge in [0.15, 0.2) is 0 Å². The molecule has 0 aromatic heterocycles. The zero-order valence-corrected chi connectivity index (χ0v) is 11.4. The van der Waals surface area contributed by atoms with Crippen LogP contribution in [-0.2, 0) is 9.84 Å². The van der Waals surface area contributed by atoms with Gasteiger partial charge in [-0.25, -0.2) is 12.8 Å². The van der Waals surface area contributed by atoms with Crippen molar-refractivity contribution in [2.45, 2.75) is 9.79 Å². The Balaban J connectivity index is 2.70. The van der Waals surface area contributed by atoms with Crippen molar-refractivity contribution in [3.8, 4) is 0 Å². The average Bonchev–Trinajstić information content (AvgIpc) is 2.38. The molecule has 0 N–H and O–H groups in total. The second-order valence-corrected chi connectivity index (χ2v) is 6.18. The molecule has 0 amide bonds. The Morgan fingerprint density at radius 2 is 1.85 bits per heavy atom. The fourth-order valence-electron chi connectivity index (χ4n) is 1.62. The Bertz CT molecular complexity index is 792. The Hall–Kier alpha value is -1.99. The van der Waals surface area contributed by atoms with Gasteiger partial charge in [-0.3, -0.25) is 10.1 Å². The largest absolute Gasteiger partial charge is 0.291 e. The number of rotatable bonds is 3. The van der Waals surface area contributed by atoms with Gasteiger partial charge in [0.2, 0.25) is 9.84 Å². The lowest BCUT2D eigenvalue weighted by atomic mass is 10.3. The molecule has 8 heteroatoms. The maximum atomic E-state index is 13.0. The number of nitro groups is 1. The number of hydrogen-bond donors (Lipinski definition) is 0. The molecule has 2 aromatic carbocycles. The molecule has 5 nitrogen and oxygen atoms in total. The van der Waals surface area contributed by atoms with Gasteiger partial charge in [0.05, 0.1) is 15.9 Å². The molecule has 0 aliphatic rings. The molecular weight excluding hydrogens is 309 g/mol. The van der Waals surface area contributed by atoms with Crippen LogP contribution in [0.3, 0.4) is 0 Å². The van der Waals surface area contributed by atoms with E-state index in [1.807, 2.05) is 0 Å². The molecule has 0 spiro atoms. The first kappa shape index (κ1) is 14.4. The maximum Gasteiger partial charge on any atom is 0.291 e. The second kappa shape index (κ2) is 5.18. The van der Waals surface area contributed by atoms with Crippen LogP contribution in [0.2, 0.25) is 5.02 Å².